The van der Waals surface area contributed by atoms with Gasteiger partial charge in [0.15, 0.2) is 0 Å². The van der Waals surface area contributed by atoms with Crippen molar-refractivity contribution in [2.75, 3.05) is 32.7 Å². The summed E-state index contributed by atoms with van der Waals surface area (Å²) < 4.78 is 37.7. The lowest BCUT2D eigenvalue weighted by molar-refractivity contribution is -0.151. The van der Waals surface area contributed by atoms with Gasteiger partial charge in [0, 0.05) is 30.7 Å². The first-order valence-corrected chi connectivity index (χ1v) is 9.92. The van der Waals surface area contributed by atoms with Gasteiger partial charge in [-0.3, -0.25) is 19.4 Å². The summed E-state index contributed by atoms with van der Waals surface area (Å²) in [5.41, 5.74) is 0.812. The van der Waals surface area contributed by atoms with Crippen LogP contribution in [0, 0.1) is 0 Å². The Bertz CT molecular complexity index is 812. The average Bonchev–Trinajstić information content (AvgIpc) is 2.95. The highest BCUT2D eigenvalue weighted by Crippen LogP contribution is 2.25. The van der Waals surface area contributed by atoms with E-state index in [1.54, 1.807) is 12.1 Å². The van der Waals surface area contributed by atoms with E-state index in [0.717, 1.165) is 5.56 Å². The van der Waals surface area contributed by atoms with Crippen LogP contribution >= 0.6 is 11.6 Å². The highest BCUT2D eigenvalue weighted by atomic mass is 35.5. The van der Waals surface area contributed by atoms with Crippen LogP contribution in [0.1, 0.15) is 18.4 Å². The van der Waals surface area contributed by atoms with E-state index in [1.165, 1.54) is 4.90 Å². The fourth-order valence-corrected chi connectivity index (χ4v) is 3.87. The van der Waals surface area contributed by atoms with Gasteiger partial charge in [-0.2, -0.15) is 13.2 Å². The Hall–Kier alpha value is -2.33. The highest BCUT2D eigenvalue weighted by Gasteiger charge is 2.45. The van der Waals surface area contributed by atoms with Crippen molar-refractivity contribution in [2.45, 2.75) is 31.6 Å². The second kappa shape index (κ2) is 9.22. The molecular weight excluding hydrogens is 425 g/mol. The fourth-order valence-electron chi connectivity index (χ4n) is 3.66. The number of hydrogen-bond donors (Lipinski definition) is 1. The molecule has 0 radical (unpaired) electrons. The van der Waals surface area contributed by atoms with E-state index in [2.05, 4.69) is 5.32 Å². The van der Waals surface area contributed by atoms with Crippen molar-refractivity contribution in [3.63, 3.8) is 0 Å². The number of nitrogens with one attached hydrogen (secondary N) is 1. The van der Waals surface area contributed by atoms with Gasteiger partial charge in [-0.25, -0.2) is 4.79 Å². The topological polar surface area (TPSA) is 73.0 Å². The normalized spacial score (nSPS) is 18.9. The van der Waals surface area contributed by atoms with Gasteiger partial charge in [0.25, 0.3) is 5.91 Å². The van der Waals surface area contributed by atoms with Gasteiger partial charge in [0.2, 0.25) is 5.91 Å². The molecular formula is C19H22ClF3N4O3. The second-order valence-corrected chi connectivity index (χ2v) is 7.79. The molecule has 7 nitrogen and oxygen atoms in total. The summed E-state index contributed by atoms with van der Waals surface area (Å²) in [6.07, 6.45) is -3.66. The minimum atomic E-state index is -4.62. The molecule has 0 atom stereocenters. The highest BCUT2D eigenvalue weighted by molar-refractivity contribution is 6.31. The number of benzene rings is 1. The third kappa shape index (κ3) is 5.63. The first kappa shape index (κ1) is 22.4. The van der Waals surface area contributed by atoms with E-state index in [4.69, 9.17) is 11.6 Å². The minimum Gasteiger partial charge on any atom is -0.351 e. The van der Waals surface area contributed by atoms with Crippen LogP contribution < -0.4 is 5.32 Å². The molecule has 0 aromatic heterocycles. The Balaban J connectivity index is 1.44. The Labute approximate surface area is 176 Å². The summed E-state index contributed by atoms with van der Waals surface area (Å²) in [4.78, 5) is 39.6. The van der Waals surface area contributed by atoms with E-state index in [-0.39, 0.29) is 29.9 Å². The molecule has 1 aromatic carbocycles. The van der Waals surface area contributed by atoms with Crippen LogP contribution in [0.3, 0.4) is 0 Å². The first-order chi connectivity index (χ1) is 14.1. The maximum absolute atomic E-state index is 12.6. The molecule has 1 aromatic rings. The molecule has 0 unspecified atom stereocenters. The van der Waals surface area contributed by atoms with Crippen LogP contribution in [0.25, 0.3) is 0 Å². The molecule has 2 heterocycles. The van der Waals surface area contributed by atoms with Crippen molar-refractivity contribution in [2.24, 2.45) is 0 Å². The molecule has 2 saturated heterocycles. The van der Waals surface area contributed by atoms with Gasteiger partial charge in [-0.15, -0.1) is 0 Å². The molecule has 11 heteroatoms. The Kier molecular flexibility index (Phi) is 6.87. The SMILES string of the molecule is O=C(CN1CCC(N2CC(=O)N(CC(F)(F)F)C2=O)CC1)NCc1ccccc1Cl. The van der Waals surface area contributed by atoms with Gasteiger partial charge >= 0.3 is 12.2 Å². The second-order valence-electron chi connectivity index (χ2n) is 7.38. The maximum Gasteiger partial charge on any atom is 0.406 e. The number of likely N-dealkylation sites (tertiary alicyclic amines) is 1. The summed E-state index contributed by atoms with van der Waals surface area (Å²) >= 11 is 6.06. The zero-order chi connectivity index (χ0) is 21.9. The largest absolute Gasteiger partial charge is 0.406 e. The third-order valence-corrected chi connectivity index (χ3v) is 5.59. The van der Waals surface area contributed by atoms with Crippen LogP contribution in [0.15, 0.2) is 24.3 Å². The lowest BCUT2D eigenvalue weighted by Gasteiger charge is -2.35. The Morgan fingerprint density at radius 3 is 2.47 bits per heavy atom. The number of nitrogens with zero attached hydrogens (tertiary/aromatic N) is 3. The molecule has 2 fully saturated rings. The molecule has 2 aliphatic rings. The van der Waals surface area contributed by atoms with Gasteiger partial charge in [0.1, 0.15) is 13.1 Å². The van der Waals surface area contributed by atoms with Crippen molar-refractivity contribution in [3.8, 4) is 0 Å². The monoisotopic (exact) mass is 446 g/mol. The molecule has 164 valence electrons. The molecule has 30 heavy (non-hydrogen) atoms. The fraction of sp³-hybridized carbons (Fsp3) is 0.526. The molecule has 1 N–H and O–H groups in total. The predicted molar refractivity (Wildman–Crippen MR) is 103 cm³/mol. The van der Waals surface area contributed by atoms with Gasteiger partial charge in [-0.1, -0.05) is 29.8 Å². The predicted octanol–water partition coefficient (Wildman–Crippen LogP) is 2.25. The van der Waals surface area contributed by atoms with E-state index >= 15 is 0 Å². The summed E-state index contributed by atoms with van der Waals surface area (Å²) in [5, 5.41) is 3.38. The van der Waals surface area contributed by atoms with Gasteiger partial charge < -0.3 is 10.2 Å². The number of amides is 4. The number of hydrogen-bond acceptors (Lipinski definition) is 4. The van der Waals surface area contributed by atoms with Crippen LogP contribution in [0.5, 0.6) is 0 Å². The van der Waals surface area contributed by atoms with E-state index < -0.39 is 24.7 Å². The molecule has 3 rings (SSSR count). The van der Waals surface area contributed by atoms with Crippen molar-refractivity contribution in [1.29, 1.82) is 0 Å². The maximum atomic E-state index is 12.6. The smallest absolute Gasteiger partial charge is 0.351 e. The number of urea groups is 1. The molecule has 0 bridgehead atoms. The number of carbonyl (C=O) groups is 3. The summed E-state index contributed by atoms with van der Waals surface area (Å²) in [5.74, 6) is -1.00. The molecule has 4 amide bonds. The Morgan fingerprint density at radius 1 is 1.17 bits per heavy atom. The molecule has 0 aliphatic carbocycles. The van der Waals surface area contributed by atoms with Crippen molar-refractivity contribution >= 4 is 29.4 Å². The zero-order valence-electron chi connectivity index (χ0n) is 16.1. The van der Waals surface area contributed by atoms with Crippen LogP contribution in [0.2, 0.25) is 5.02 Å². The summed E-state index contributed by atoms with van der Waals surface area (Å²) in [6, 6.07) is 5.99. The molecule has 0 spiro atoms. The molecule has 2 aliphatic heterocycles. The average molecular weight is 447 g/mol. The lowest BCUT2D eigenvalue weighted by atomic mass is 10.0. The van der Waals surface area contributed by atoms with Gasteiger partial charge in [-0.05, 0) is 24.5 Å². The quantitative estimate of drug-likeness (QED) is 0.680. The zero-order valence-corrected chi connectivity index (χ0v) is 16.9. The number of carbonyl (C=O) groups excluding carboxylic acids is 3. The van der Waals surface area contributed by atoms with E-state index in [9.17, 15) is 27.6 Å². The molecule has 0 saturated carbocycles. The number of halogens is 4. The van der Waals surface area contributed by atoms with Crippen molar-refractivity contribution < 1.29 is 27.6 Å². The van der Waals surface area contributed by atoms with Crippen LogP contribution in [-0.4, -0.2) is 77.5 Å². The van der Waals surface area contributed by atoms with E-state index in [1.807, 2.05) is 17.0 Å². The first-order valence-electron chi connectivity index (χ1n) is 9.54. The van der Waals surface area contributed by atoms with Crippen LogP contribution in [-0.2, 0) is 16.1 Å². The minimum absolute atomic E-state index is 0.169. The Morgan fingerprint density at radius 2 is 1.83 bits per heavy atom. The number of imide groups is 1. The van der Waals surface area contributed by atoms with E-state index in [0.29, 0.717) is 37.5 Å². The van der Waals surface area contributed by atoms with Crippen molar-refractivity contribution in [1.82, 2.24) is 20.0 Å². The summed E-state index contributed by atoms with van der Waals surface area (Å²) in [7, 11) is 0. The standard InChI is InChI=1S/C19H22ClF3N4O3/c20-15-4-2-1-3-13(15)9-24-16(28)10-25-7-5-14(6-8-25)26-11-17(29)27(18(26)30)12-19(21,22)23/h1-4,14H,5-12H2,(H,24,28). The summed E-state index contributed by atoms with van der Waals surface area (Å²) in [6.45, 7) is -0.412. The third-order valence-electron chi connectivity index (χ3n) is 5.22. The number of rotatable bonds is 6. The number of alkyl halides is 3. The number of piperidine rings is 1. The van der Waals surface area contributed by atoms with Crippen LogP contribution in [0.4, 0.5) is 18.0 Å². The van der Waals surface area contributed by atoms with Gasteiger partial charge in [0.05, 0.1) is 6.54 Å². The van der Waals surface area contributed by atoms with Crippen molar-refractivity contribution in [3.05, 3.63) is 34.9 Å². The lowest BCUT2D eigenvalue weighted by Crippen LogP contribution is -2.49.